The van der Waals surface area contributed by atoms with Crippen molar-refractivity contribution in [2.24, 2.45) is 0 Å². The molecule has 6 heteroatoms. The molecule has 0 radical (unpaired) electrons. The van der Waals surface area contributed by atoms with E-state index in [1.807, 2.05) is 31.3 Å². The van der Waals surface area contributed by atoms with Crippen molar-refractivity contribution in [1.29, 1.82) is 0 Å². The number of methoxy groups -OCH3 is 1. The third-order valence-electron chi connectivity index (χ3n) is 3.61. The first kappa shape index (κ1) is 17.2. The smallest absolute Gasteiger partial charge is 0.319 e. The second-order valence-corrected chi connectivity index (χ2v) is 5.43. The maximum Gasteiger partial charge on any atom is 0.319 e. The van der Waals surface area contributed by atoms with E-state index in [0.29, 0.717) is 6.54 Å². The van der Waals surface area contributed by atoms with Crippen molar-refractivity contribution >= 4 is 22.5 Å². The molecule has 23 heavy (non-hydrogen) atoms. The Kier molecular flexibility index (Phi) is 6.77. The predicted molar refractivity (Wildman–Crippen MR) is 92.8 cm³/mol. The lowest BCUT2D eigenvalue weighted by atomic mass is 10.1. The van der Waals surface area contributed by atoms with Crippen molar-refractivity contribution in [2.45, 2.75) is 6.42 Å². The molecule has 0 saturated carbocycles. The van der Waals surface area contributed by atoms with Gasteiger partial charge in [0, 0.05) is 43.4 Å². The molecule has 0 fully saturated rings. The number of hydrogen-bond acceptors (Lipinski definition) is 4. The van der Waals surface area contributed by atoms with E-state index in [-0.39, 0.29) is 6.03 Å². The molecule has 0 aliphatic heterocycles. The average Bonchev–Trinajstić information content (AvgIpc) is 2.57. The van der Waals surface area contributed by atoms with Gasteiger partial charge in [-0.1, -0.05) is 12.1 Å². The molecule has 0 aliphatic carbocycles. The number of amides is 2. The highest BCUT2D eigenvalue weighted by atomic mass is 16.5. The fraction of sp³-hybridized carbons (Fsp3) is 0.412. The molecule has 0 saturated heterocycles. The van der Waals surface area contributed by atoms with Gasteiger partial charge in [0.15, 0.2) is 0 Å². The number of nitrogens with one attached hydrogen (secondary N) is 2. The van der Waals surface area contributed by atoms with E-state index in [0.717, 1.165) is 42.6 Å². The van der Waals surface area contributed by atoms with E-state index in [2.05, 4.69) is 20.5 Å². The van der Waals surface area contributed by atoms with E-state index >= 15 is 0 Å². The normalized spacial score (nSPS) is 10.9. The van der Waals surface area contributed by atoms with Crippen LogP contribution in [0.5, 0.6) is 0 Å². The maximum absolute atomic E-state index is 12.0. The van der Waals surface area contributed by atoms with Gasteiger partial charge in [0.2, 0.25) is 0 Å². The van der Waals surface area contributed by atoms with Gasteiger partial charge in [0.05, 0.1) is 12.3 Å². The summed E-state index contributed by atoms with van der Waals surface area (Å²) in [5, 5.41) is 7.77. The molecule has 0 aliphatic rings. The van der Waals surface area contributed by atoms with Gasteiger partial charge >= 0.3 is 6.03 Å². The summed E-state index contributed by atoms with van der Waals surface area (Å²) in [6.07, 6.45) is 4.41. The number of likely N-dealkylation sites (N-methyl/N-ethyl adjacent to an activating group) is 1. The predicted octanol–water partition coefficient (Wildman–Crippen LogP) is 2.32. The van der Waals surface area contributed by atoms with E-state index in [4.69, 9.17) is 4.74 Å². The number of fused-ring (bicyclic) bond motifs is 1. The van der Waals surface area contributed by atoms with Crippen LogP contribution in [0.25, 0.3) is 10.8 Å². The third kappa shape index (κ3) is 5.50. The number of benzene rings is 1. The largest absolute Gasteiger partial charge is 0.383 e. The first-order valence-corrected chi connectivity index (χ1v) is 7.76. The van der Waals surface area contributed by atoms with Gasteiger partial charge in [0.25, 0.3) is 0 Å². The number of rotatable bonds is 8. The molecule has 2 aromatic rings. The Morgan fingerprint density at radius 2 is 2.17 bits per heavy atom. The van der Waals surface area contributed by atoms with Crippen LogP contribution >= 0.6 is 0 Å². The summed E-state index contributed by atoms with van der Waals surface area (Å²) in [5.41, 5.74) is 0.791. The number of nitrogens with zero attached hydrogens (tertiary/aromatic N) is 2. The van der Waals surface area contributed by atoms with Crippen LogP contribution in [-0.2, 0) is 4.74 Å². The second-order valence-electron chi connectivity index (χ2n) is 5.43. The third-order valence-corrected chi connectivity index (χ3v) is 3.61. The monoisotopic (exact) mass is 316 g/mol. The van der Waals surface area contributed by atoms with Crippen LogP contribution in [0.3, 0.4) is 0 Å². The topological polar surface area (TPSA) is 66.5 Å². The van der Waals surface area contributed by atoms with Crippen LogP contribution in [0.1, 0.15) is 6.42 Å². The number of carbonyl (C=O) groups is 1. The summed E-state index contributed by atoms with van der Waals surface area (Å²) in [4.78, 5) is 18.3. The molecule has 2 N–H and O–H groups in total. The number of carbonyl (C=O) groups excluding carboxylic acids is 1. The van der Waals surface area contributed by atoms with Gasteiger partial charge in [-0.05, 0) is 32.1 Å². The highest BCUT2D eigenvalue weighted by Gasteiger charge is 2.05. The highest BCUT2D eigenvalue weighted by Crippen LogP contribution is 2.21. The zero-order valence-electron chi connectivity index (χ0n) is 13.7. The van der Waals surface area contributed by atoms with Crippen molar-refractivity contribution < 1.29 is 9.53 Å². The minimum absolute atomic E-state index is 0.186. The molecule has 1 aromatic carbocycles. The quantitative estimate of drug-likeness (QED) is 0.734. The van der Waals surface area contributed by atoms with Crippen molar-refractivity contribution in [3.8, 4) is 0 Å². The standard InChI is InChI=1S/C17H24N4O2/c1-21(11-12-23-2)10-4-8-19-17(22)20-16-6-3-5-14-13-18-9-7-15(14)16/h3,5-7,9,13H,4,8,10-12H2,1-2H3,(H2,19,20,22). The van der Waals surface area contributed by atoms with E-state index in [1.54, 1.807) is 19.5 Å². The Labute approximate surface area is 136 Å². The summed E-state index contributed by atoms with van der Waals surface area (Å²) in [6.45, 7) is 3.17. The zero-order valence-corrected chi connectivity index (χ0v) is 13.7. The lowest BCUT2D eigenvalue weighted by Crippen LogP contribution is -2.32. The summed E-state index contributed by atoms with van der Waals surface area (Å²) in [7, 11) is 3.74. The molecule has 0 unspecified atom stereocenters. The van der Waals surface area contributed by atoms with Gasteiger partial charge in [-0.25, -0.2) is 4.79 Å². The molecule has 1 aromatic heterocycles. The van der Waals surface area contributed by atoms with Gasteiger partial charge in [-0.15, -0.1) is 0 Å². The van der Waals surface area contributed by atoms with Gasteiger partial charge < -0.3 is 20.3 Å². The van der Waals surface area contributed by atoms with Crippen molar-refractivity contribution in [3.63, 3.8) is 0 Å². The Morgan fingerprint density at radius 3 is 3.00 bits per heavy atom. The fourth-order valence-corrected chi connectivity index (χ4v) is 2.31. The first-order chi connectivity index (χ1) is 11.2. The van der Waals surface area contributed by atoms with Crippen LogP contribution in [0, 0.1) is 0 Å². The summed E-state index contributed by atoms with van der Waals surface area (Å²) < 4.78 is 5.03. The van der Waals surface area contributed by atoms with Crippen molar-refractivity contribution in [3.05, 3.63) is 36.7 Å². The summed E-state index contributed by atoms with van der Waals surface area (Å²) in [5.74, 6) is 0. The molecule has 124 valence electrons. The van der Waals surface area contributed by atoms with Gasteiger partial charge in [0.1, 0.15) is 0 Å². The molecule has 2 rings (SSSR count). The number of ether oxygens (including phenoxy) is 1. The fourth-order valence-electron chi connectivity index (χ4n) is 2.31. The molecular formula is C17H24N4O2. The Balaban J connectivity index is 1.76. The average molecular weight is 316 g/mol. The van der Waals surface area contributed by atoms with Crippen LogP contribution in [0.15, 0.2) is 36.7 Å². The van der Waals surface area contributed by atoms with Crippen LogP contribution < -0.4 is 10.6 Å². The van der Waals surface area contributed by atoms with Crippen LogP contribution in [0.4, 0.5) is 10.5 Å². The Hall–Kier alpha value is -2.18. The van der Waals surface area contributed by atoms with E-state index in [1.165, 1.54) is 0 Å². The number of urea groups is 1. The first-order valence-electron chi connectivity index (χ1n) is 7.76. The second kappa shape index (κ2) is 9.07. The summed E-state index contributed by atoms with van der Waals surface area (Å²) in [6, 6.07) is 7.48. The van der Waals surface area contributed by atoms with Crippen molar-refractivity contribution in [1.82, 2.24) is 15.2 Å². The maximum atomic E-state index is 12.0. The number of aromatic nitrogens is 1. The molecule has 6 nitrogen and oxygen atoms in total. The Morgan fingerprint density at radius 1 is 1.30 bits per heavy atom. The lowest BCUT2D eigenvalue weighted by Gasteiger charge is -2.16. The van der Waals surface area contributed by atoms with E-state index in [9.17, 15) is 4.79 Å². The molecule has 2 amide bonds. The van der Waals surface area contributed by atoms with Crippen LogP contribution in [-0.4, -0.2) is 56.3 Å². The minimum Gasteiger partial charge on any atom is -0.383 e. The van der Waals surface area contributed by atoms with Gasteiger partial charge in [-0.3, -0.25) is 4.98 Å². The van der Waals surface area contributed by atoms with Crippen LogP contribution in [0.2, 0.25) is 0 Å². The molecule has 0 bridgehead atoms. The van der Waals surface area contributed by atoms with E-state index < -0.39 is 0 Å². The van der Waals surface area contributed by atoms with Gasteiger partial charge in [-0.2, -0.15) is 0 Å². The van der Waals surface area contributed by atoms with Crippen molar-refractivity contribution in [2.75, 3.05) is 45.7 Å². The Bertz CT molecular complexity index is 628. The number of hydrogen-bond donors (Lipinski definition) is 2. The number of pyridine rings is 1. The zero-order chi connectivity index (χ0) is 16.5. The minimum atomic E-state index is -0.186. The highest BCUT2D eigenvalue weighted by molar-refractivity contribution is 6.01. The number of anilines is 1. The molecular weight excluding hydrogens is 292 g/mol. The SMILES string of the molecule is COCCN(C)CCCNC(=O)Nc1cccc2cnccc12. The lowest BCUT2D eigenvalue weighted by molar-refractivity contribution is 0.160. The molecule has 0 atom stereocenters. The molecule has 1 heterocycles. The molecule has 0 spiro atoms. The summed E-state index contributed by atoms with van der Waals surface area (Å²) >= 11 is 0.